The van der Waals surface area contributed by atoms with Crippen molar-refractivity contribution in [2.75, 3.05) is 0 Å². The Hall–Kier alpha value is 1.14. The molecule has 80 valence electrons. The second-order valence-electron chi connectivity index (χ2n) is 4.51. The Morgan fingerprint density at radius 3 is 2.29 bits per heavy atom. The van der Waals surface area contributed by atoms with Crippen molar-refractivity contribution in [1.29, 1.82) is 0 Å². The predicted octanol–water partition coefficient (Wildman–Crippen LogP) is 6.15. The third-order valence-corrected chi connectivity index (χ3v) is 5.01. The van der Waals surface area contributed by atoms with Gasteiger partial charge in [0.25, 0.3) is 0 Å². The van der Waals surface area contributed by atoms with E-state index in [2.05, 4.69) is 74.6 Å². The van der Waals surface area contributed by atoms with Crippen LogP contribution in [0.4, 0.5) is 0 Å². The zero-order chi connectivity index (χ0) is 10.9. The molecule has 0 bridgehead atoms. The zero-order valence-corrected chi connectivity index (χ0v) is 14.0. The monoisotopic (exact) mass is 402 g/mol. The molecule has 0 aromatic carbocycles. The molecule has 0 saturated heterocycles. The highest BCUT2D eigenvalue weighted by Gasteiger charge is 2.20. The molecule has 1 unspecified atom stereocenters. The van der Waals surface area contributed by atoms with Gasteiger partial charge in [0.2, 0.25) is 0 Å². The highest BCUT2D eigenvalue weighted by molar-refractivity contribution is 9.12. The molecular weight excluding hydrogens is 392 g/mol. The maximum absolute atomic E-state index is 3.74. The smallest absolute Gasteiger partial charge is 0.0753 e. The number of halogens is 3. The van der Waals surface area contributed by atoms with Crippen molar-refractivity contribution in [1.82, 2.24) is 0 Å². The summed E-state index contributed by atoms with van der Waals surface area (Å²) in [4.78, 5) is 0.430. The Morgan fingerprint density at radius 1 is 1.36 bits per heavy atom. The molecule has 0 spiro atoms. The van der Waals surface area contributed by atoms with E-state index in [4.69, 9.17) is 0 Å². The Morgan fingerprint density at radius 2 is 1.93 bits per heavy atom. The van der Waals surface area contributed by atoms with Gasteiger partial charge in [-0.2, -0.15) is 0 Å². The maximum Gasteiger partial charge on any atom is 0.0753 e. The largest absolute Gasteiger partial charge is 0.121 e. The van der Waals surface area contributed by atoms with Crippen LogP contribution in [0.5, 0.6) is 0 Å². The molecular formula is C10H13Br3S. The molecule has 1 aromatic rings. The zero-order valence-electron chi connectivity index (χ0n) is 8.40. The molecule has 0 radical (unpaired) electrons. The number of alkyl halides is 1. The lowest BCUT2D eigenvalue weighted by Crippen LogP contribution is -2.08. The van der Waals surface area contributed by atoms with Crippen LogP contribution >= 0.6 is 59.1 Å². The van der Waals surface area contributed by atoms with E-state index in [-0.39, 0.29) is 0 Å². The van der Waals surface area contributed by atoms with Crippen molar-refractivity contribution in [3.05, 3.63) is 19.2 Å². The summed E-state index contributed by atoms with van der Waals surface area (Å²) >= 11 is 12.6. The molecule has 1 aromatic heterocycles. The molecule has 1 heterocycles. The summed E-state index contributed by atoms with van der Waals surface area (Å²) in [6.45, 7) is 6.78. The second kappa shape index (κ2) is 4.98. The van der Waals surface area contributed by atoms with Gasteiger partial charge < -0.3 is 0 Å². The van der Waals surface area contributed by atoms with E-state index in [1.54, 1.807) is 11.3 Å². The van der Waals surface area contributed by atoms with Crippen LogP contribution < -0.4 is 0 Å². The number of thiophene rings is 1. The van der Waals surface area contributed by atoms with Crippen LogP contribution in [0, 0.1) is 5.41 Å². The Labute approximate surface area is 115 Å². The van der Waals surface area contributed by atoms with Crippen molar-refractivity contribution in [3.63, 3.8) is 0 Å². The molecule has 0 nitrogen and oxygen atoms in total. The SMILES string of the molecule is CC(C)(C)CC(Br)c1cc(Br)sc1Br. The van der Waals surface area contributed by atoms with Crippen LogP contribution in [-0.4, -0.2) is 0 Å². The van der Waals surface area contributed by atoms with Gasteiger partial charge in [-0.3, -0.25) is 0 Å². The number of rotatable bonds is 2. The van der Waals surface area contributed by atoms with Crippen LogP contribution in [0.2, 0.25) is 0 Å². The summed E-state index contributed by atoms with van der Waals surface area (Å²) in [5.41, 5.74) is 1.69. The topological polar surface area (TPSA) is 0 Å². The average Bonchev–Trinajstić information content (AvgIpc) is 2.26. The third-order valence-electron chi connectivity index (χ3n) is 1.81. The van der Waals surface area contributed by atoms with Crippen LogP contribution in [0.15, 0.2) is 13.6 Å². The first kappa shape index (κ1) is 13.2. The molecule has 1 atom stereocenters. The van der Waals surface area contributed by atoms with Crippen molar-refractivity contribution in [2.24, 2.45) is 5.41 Å². The Balaban J connectivity index is 2.79. The van der Waals surface area contributed by atoms with Gasteiger partial charge in [0.05, 0.1) is 7.57 Å². The second-order valence-corrected chi connectivity index (χ2v) is 9.37. The lowest BCUT2D eigenvalue weighted by molar-refractivity contribution is 0.377. The Kier molecular flexibility index (Phi) is 4.70. The van der Waals surface area contributed by atoms with Gasteiger partial charge in [-0.25, -0.2) is 0 Å². The fraction of sp³-hybridized carbons (Fsp3) is 0.600. The molecule has 1 rings (SSSR count). The van der Waals surface area contributed by atoms with E-state index in [1.165, 1.54) is 13.1 Å². The fourth-order valence-electron chi connectivity index (χ4n) is 1.21. The van der Waals surface area contributed by atoms with E-state index >= 15 is 0 Å². The van der Waals surface area contributed by atoms with Crippen LogP contribution in [0.3, 0.4) is 0 Å². The molecule has 0 aliphatic carbocycles. The average molecular weight is 405 g/mol. The maximum atomic E-state index is 3.74. The van der Waals surface area contributed by atoms with E-state index in [0.717, 1.165) is 6.42 Å². The highest BCUT2D eigenvalue weighted by atomic mass is 79.9. The summed E-state index contributed by atoms with van der Waals surface area (Å²) < 4.78 is 2.40. The highest BCUT2D eigenvalue weighted by Crippen LogP contribution is 2.43. The lowest BCUT2D eigenvalue weighted by Gasteiger charge is -2.21. The van der Waals surface area contributed by atoms with Crippen LogP contribution in [0.1, 0.15) is 37.6 Å². The van der Waals surface area contributed by atoms with E-state index < -0.39 is 0 Å². The minimum absolute atomic E-state index is 0.349. The first-order valence-electron chi connectivity index (χ1n) is 4.38. The summed E-state index contributed by atoms with van der Waals surface area (Å²) in [5, 5.41) is 0. The molecule has 4 heteroatoms. The minimum atomic E-state index is 0.349. The lowest BCUT2D eigenvalue weighted by atomic mass is 9.89. The normalized spacial score (nSPS) is 14.4. The van der Waals surface area contributed by atoms with E-state index in [9.17, 15) is 0 Å². The summed E-state index contributed by atoms with van der Waals surface area (Å²) in [7, 11) is 0. The van der Waals surface area contributed by atoms with Gasteiger partial charge in [-0.05, 0) is 55.3 Å². The van der Waals surface area contributed by atoms with Crippen LogP contribution in [0.25, 0.3) is 0 Å². The summed E-state index contributed by atoms with van der Waals surface area (Å²) in [5.74, 6) is 0. The Bertz CT molecular complexity index is 312. The molecule has 0 aliphatic rings. The van der Waals surface area contributed by atoms with Crippen molar-refractivity contribution < 1.29 is 0 Å². The van der Waals surface area contributed by atoms with Gasteiger partial charge in [0, 0.05) is 4.83 Å². The molecule has 0 saturated carbocycles. The number of hydrogen-bond acceptors (Lipinski definition) is 1. The van der Waals surface area contributed by atoms with Gasteiger partial charge >= 0.3 is 0 Å². The third kappa shape index (κ3) is 3.95. The van der Waals surface area contributed by atoms with E-state index in [0.29, 0.717) is 10.2 Å². The molecule has 0 aliphatic heterocycles. The number of hydrogen-bond donors (Lipinski definition) is 0. The van der Waals surface area contributed by atoms with Gasteiger partial charge in [-0.1, -0.05) is 36.7 Å². The van der Waals surface area contributed by atoms with Crippen molar-refractivity contribution in [3.8, 4) is 0 Å². The summed E-state index contributed by atoms with van der Waals surface area (Å²) in [6, 6.07) is 2.18. The molecule has 0 fully saturated rings. The van der Waals surface area contributed by atoms with Gasteiger partial charge in [0.15, 0.2) is 0 Å². The van der Waals surface area contributed by atoms with Crippen molar-refractivity contribution >= 4 is 59.1 Å². The van der Waals surface area contributed by atoms with Crippen molar-refractivity contribution in [2.45, 2.75) is 32.0 Å². The first-order valence-corrected chi connectivity index (χ1v) is 7.70. The first-order chi connectivity index (χ1) is 6.29. The predicted molar refractivity (Wildman–Crippen MR) is 75.5 cm³/mol. The molecule has 0 amide bonds. The quantitative estimate of drug-likeness (QED) is 0.519. The molecule has 0 N–H and O–H groups in total. The van der Waals surface area contributed by atoms with E-state index in [1.807, 2.05) is 0 Å². The standard InChI is InChI=1S/C10H13Br3S/c1-10(2,3)5-7(11)6-4-8(12)14-9(6)13/h4,7H,5H2,1-3H3. The molecule has 14 heavy (non-hydrogen) atoms. The fourth-order valence-corrected chi connectivity index (χ4v) is 5.98. The van der Waals surface area contributed by atoms with Gasteiger partial charge in [0.1, 0.15) is 0 Å². The van der Waals surface area contributed by atoms with Gasteiger partial charge in [-0.15, -0.1) is 11.3 Å². The summed E-state index contributed by atoms with van der Waals surface area (Å²) in [6.07, 6.45) is 1.13. The minimum Gasteiger partial charge on any atom is -0.121 e. The van der Waals surface area contributed by atoms with Crippen LogP contribution in [-0.2, 0) is 0 Å².